The molecule has 1 aromatic heterocycles. The third-order valence-electron chi connectivity index (χ3n) is 2.64. The highest BCUT2D eigenvalue weighted by molar-refractivity contribution is 9.10. The number of halogens is 2. The van der Waals surface area contributed by atoms with E-state index in [9.17, 15) is 12.8 Å². The van der Waals surface area contributed by atoms with Crippen molar-refractivity contribution in [2.45, 2.75) is 17.9 Å². The Hall–Kier alpha value is -1.45. The van der Waals surface area contributed by atoms with E-state index in [1.165, 1.54) is 29.2 Å². The Balaban J connectivity index is 2.22. The Morgan fingerprint density at radius 1 is 1.43 bits per heavy atom. The van der Waals surface area contributed by atoms with Gasteiger partial charge >= 0.3 is 0 Å². The van der Waals surface area contributed by atoms with Crippen molar-refractivity contribution < 1.29 is 17.9 Å². The first-order valence-electron chi connectivity index (χ1n) is 6.03. The Bertz CT molecular complexity index is 733. The first kappa shape index (κ1) is 15.9. The van der Waals surface area contributed by atoms with Gasteiger partial charge < -0.3 is 5.11 Å². The summed E-state index contributed by atoms with van der Waals surface area (Å²) in [5, 5.41) is 12.6. The van der Waals surface area contributed by atoms with Gasteiger partial charge in [0.2, 0.25) is 0 Å². The number of sulfonamides is 1. The van der Waals surface area contributed by atoms with Crippen molar-refractivity contribution in [3.8, 4) is 0 Å². The lowest BCUT2D eigenvalue weighted by atomic mass is 10.3. The third-order valence-corrected chi connectivity index (χ3v) is 4.65. The minimum absolute atomic E-state index is 0.00354. The van der Waals surface area contributed by atoms with Crippen LogP contribution in [0, 0.1) is 5.82 Å². The molecule has 1 heterocycles. The number of aryl methyl sites for hydroxylation is 1. The normalized spacial score (nSPS) is 11.6. The van der Waals surface area contributed by atoms with Gasteiger partial charge in [0.15, 0.2) is 0 Å². The van der Waals surface area contributed by atoms with Crippen molar-refractivity contribution in [3.63, 3.8) is 0 Å². The molecule has 0 saturated carbocycles. The van der Waals surface area contributed by atoms with Crippen molar-refractivity contribution in [1.29, 1.82) is 0 Å². The average molecular weight is 378 g/mol. The molecular formula is C12H13BrFN3O3S. The lowest BCUT2D eigenvalue weighted by Gasteiger charge is -2.08. The molecule has 0 aliphatic carbocycles. The van der Waals surface area contributed by atoms with Gasteiger partial charge in [-0.1, -0.05) is 0 Å². The van der Waals surface area contributed by atoms with Crippen LogP contribution >= 0.6 is 15.9 Å². The average Bonchev–Trinajstić information content (AvgIpc) is 2.90. The Labute approximate surface area is 129 Å². The van der Waals surface area contributed by atoms with Crippen LogP contribution in [0.4, 0.5) is 10.1 Å². The molecule has 0 unspecified atom stereocenters. The van der Waals surface area contributed by atoms with Gasteiger partial charge in [-0.25, -0.2) is 12.8 Å². The molecule has 0 fully saturated rings. The molecule has 1 aromatic carbocycles. The molecule has 0 atom stereocenters. The summed E-state index contributed by atoms with van der Waals surface area (Å²) in [5.41, 5.74) is 0.109. The van der Waals surface area contributed by atoms with E-state index in [0.717, 1.165) is 6.07 Å². The monoisotopic (exact) mass is 377 g/mol. The fourth-order valence-electron chi connectivity index (χ4n) is 1.62. The van der Waals surface area contributed by atoms with E-state index in [-0.39, 0.29) is 17.2 Å². The minimum atomic E-state index is -3.85. The number of aromatic nitrogens is 2. The topological polar surface area (TPSA) is 84.2 Å². The van der Waals surface area contributed by atoms with Crippen LogP contribution in [0.3, 0.4) is 0 Å². The van der Waals surface area contributed by atoms with Crippen LogP contribution in [0.5, 0.6) is 0 Å². The van der Waals surface area contributed by atoms with Gasteiger partial charge in [0.1, 0.15) is 10.7 Å². The molecule has 0 aliphatic rings. The molecule has 2 aromatic rings. The van der Waals surface area contributed by atoms with E-state index in [0.29, 0.717) is 17.4 Å². The summed E-state index contributed by atoms with van der Waals surface area (Å²) in [4.78, 5) is -0.0309. The molecule has 0 spiro atoms. The fourth-order valence-corrected chi connectivity index (χ4v) is 3.12. The Morgan fingerprint density at radius 3 is 2.90 bits per heavy atom. The van der Waals surface area contributed by atoms with Crippen LogP contribution in [-0.2, 0) is 16.6 Å². The number of nitrogens with zero attached hydrogens (tertiary/aromatic N) is 2. The SMILES string of the molecule is O=S(=O)(Nc1cc(F)ccc1Br)c1cnn(CCCO)c1. The fraction of sp³-hybridized carbons (Fsp3) is 0.250. The largest absolute Gasteiger partial charge is 0.396 e. The smallest absolute Gasteiger partial charge is 0.265 e. The van der Waals surface area contributed by atoms with Crippen molar-refractivity contribution in [2.75, 3.05) is 11.3 Å². The van der Waals surface area contributed by atoms with E-state index >= 15 is 0 Å². The molecular weight excluding hydrogens is 365 g/mol. The van der Waals surface area contributed by atoms with Crippen molar-refractivity contribution in [1.82, 2.24) is 9.78 Å². The van der Waals surface area contributed by atoms with E-state index in [1.807, 2.05) is 0 Å². The molecule has 2 N–H and O–H groups in total. The second kappa shape index (κ2) is 6.54. The van der Waals surface area contributed by atoms with Crippen LogP contribution in [0.25, 0.3) is 0 Å². The van der Waals surface area contributed by atoms with Gasteiger partial charge in [-0.15, -0.1) is 0 Å². The number of aliphatic hydroxyl groups excluding tert-OH is 1. The van der Waals surface area contributed by atoms with Crippen molar-refractivity contribution in [3.05, 3.63) is 40.9 Å². The Morgan fingerprint density at radius 2 is 2.19 bits per heavy atom. The summed E-state index contributed by atoms with van der Waals surface area (Å²) < 4.78 is 41.7. The second-order valence-corrected chi connectivity index (χ2v) is 6.78. The number of rotatable bonds is 6. The van der Waals surface area contributed by atoms with E-state index in [1.54, 1.807) is 0 Å². The summed E-state index contributed by atoms with van der Waals surface area (Å²) in [6, 6.07) is 3.71. The number of aliphatic hydroxyl groups is 1. The van der Waals surface area contributed by atoms with Crippen LogP contribution in [0.1, 0.15) is 6.42 Å². The predicted molar refractivity (Wildman–Crippen MR) is 78.8 cm³/mol. The summed E-state index contributed by atoms with van der Waals surface area (Å²) in [6.07, 6.45) is 3.03. The number of anilines is 1. The standard InChI is InChI=1S/C12H13BrFN3O3S/c13-11-3-2-9(14)6-12(11)16-21(19,20)10-7-15-17(8-10)4-1-5-18/h2-3,6-8,16,18H,1,4-5H2. The lowest BCUT2D eigenvalue weighted by Crippen LogP contribution is -2.13. The zero-order valence-corrected chi connectivity index (χ0v) is 13.2. The zero-order chi connectivity index (χ0) is 15.5. The molecule has 114 valence electrons. The highest BCUT2D eigenvalue weighted by atomic mass is 79.9. The molecule has 9 heteroatoms. The van der Waals surface area contributed by atoms with Gasteiger partial charge in [0, 0.05) is 23.8 Å². The molecule has 0 bridgehead atoms. The number of nitrogens with one attached hydrogen (secondary N) is 1. The molecule has 0 radical (unpaired) electrons. The summed E-state index contributed by atoms with van der Waals surface area (Å²) in [5.74, 6) is -0.547. The van der Waals surface area contributed by atoms with Gasteiger partial charge in [-0.2, -0.15) is 5.10 Å². The quantitative estimate of drug-likeness (QED) is 0.805. The maximum atomic E-state index is 13.2. The van der Waals surface area contributed by atoms with Crippen LogP contribution in [0.15, 0.2) is 40.0 Å². The summed E-state index contributed by atoms with van der Waals surface area (Å²) in [6.45, 7) is 0.409. The van der Waals surface area contributed by atoms with Gasteiger partial charge in [0.25, 0.3) is 10.0 Å². The second-order valence-electron chi connectivity index (χ2n) is 4.25. The lowest BCUT2D eigenvalue weighted by molar-refractivity contribution is 0.277. The summed E-state index contributed by atoms with van der Waals surface area (Å²) >= 11 is 3.15. The Kier molecular flexibility index (Phi) is 4.96. The first-order valence-corrected chi connectivity index (χ1v) is 8.31. The van der Waals surface area contributed by atoms with Gasteiger partial charge in [0.05, 0.1) is 11.9 Å². The third kappa shape index (κ3) is 4.02. The van der Waals surface area contributed by atoms with Crippen LogP contribution < -0.4 is 4.72 Å². The first-order chi connectivity index (χ1) is 9.92. The summed E-state index contributed by atoms with van der Waals surface area (Å²) in [7, 11) is -3.85. The van der Waals surface area contributed by atoms with Gasteiger partial charge in [-0.05, 0) is 40.5 Å². The molecule has 21 heavy (non-hydrogen) atoms. The van der Waals surface area contributed by atoms with E-state index in [2.05, 4.69) is 25.8 Å². The van der Waals surface area contributed by atoms with E-state index < -0.39 is 15.8 Å². The maximum Gasteiger partial charge on any atom is 0.265 e. The highest BCUT2D eigenvalue weighted by Gasteiger charge is 2.18. The molecule has 0 aliphatic heterocycles. The van der Waals surface area contributed by atoms with Crippen molar-refractivity contribution in [2.24, 2.45) is 0 Å². The number of hydrogen-bond donors (Lipinski definition) is 2. The number of benzene rings is 1. The van der Waals surface area contributed by atoms with E-state index in [4.69, 9.17) is 5.11 Å². The highest BCUT2D eigenvalue weighted by Crippen LogP contribution is 2.25. The van der Waals surface area contributed by atoms with Gasteiger partial charge in [-0.3, -0.25) is 9.40 Å². The molecule has 0 amide bonds. The molecule has 2 rings (SSSR count). The van der Waals surface area contributed by atoms with Crippen molar-refractivity contribution >= 4 is 31.6 Å². The maximum absolute atomic E-state index is 13.2. The molecule has 0 saturated heterocycles. The van der Waals surface area contributed by atoms with Crippen LogP contribution in [-0.4, -0.2) is 29.9 Å². The predicted octanol–water partition coefficient (Wildman–Crippen LogP) is 1.97. The minimum Gasteiger partial charge on any atom is -0.396 e. The number of hydrogen-bond acceptors (Lipinski definition) is 4. The van der Waals surface area contributed by atoms with Crippen LogP contribution in [0.2, 0.25) is 0 Å². The zero-order valence-electron chi connectivity index (χ0n) is 10.8. The molecule has 6 nitrogen and oxygen atoms in total.